The van der Waals surface area contributed by atoms with Crippen LogP contribution in [-0.2, 0) is 19.5 Å². The molecule has 4 heterocycles. The van der Waals surface area contributed by atoms with Crippen LogP contribution in [0.15, 0.2) is 40.3 Å². The van der Waals surface area contributed by atoms with Gasteiger partial charge in [-0.2, -0.15) is 11.3 Å². The van der Waals surface area contributed by atoms with Crippen molar-refractivity contribution in [1.82, 2.24) is 14.9 Å². The van der Waals surface area contributed by atoms with Crippen molar-refractivity contribution in [3.63, 3.8) is 0 Å². The van der Waals surface area contributed by atoms with Crippen molar-refractivity contribution in [3.05, 3.63) is 51.3 Å². The Kier molecular flexibility index (Phi) is 4.48. The van der Waals surface area contributed by atoms with E-state index in [0.717, 1.165) is 31.2 Å². The topological polar surface area (TPSA) is 29.0 Å². The van der Waals surface area contributed by atoms with E-state index in [0.29, 0.717) is 0 Å². The lowest BCUT2D eigenvalue weighted by molar-refractivity contribution is 0.244. The van der Waals surface area contributed by atoms with Gasteiger partial charge in [-0.1, -0.05) is 11.8 Å². The van der Waals surface area contributed by atoms with Gasteiger partial charge in [0.25, 0.3) is 0 Å². The molecule has 0 bridgehead atoms. The first-order valence-electron chi connectivity index (χ1n) is 7.54. The molecule has 0 N–H and O–H groups in total. The van der Waals surface area contributed by atoms with E-state index in [1.54, 1.807) is 23.1 Å². The van der Waals surface area contributed by atoms with Crippen LogP contribution in [0.4, 0.5) is 0 Å². The van der Waals surface area contributed by atoms with Crippen LogP contribution in [-0.4, -0.2) is 27.7 Å². The Morgan fingerprint density at radius 2 is 2.26 bits per heavy atom. The summed E-state index contributed by atoms with van der Waals surface area (Å²) in [6, 6.07) is 6.70. The Balaban J connectivity index is 1.46. The lowest BCUT2D eigenvalue weighted by Crippen LogP contribution is -2.30. The SMILES string of the molecule is CSc1ncc2c(n1)CCN(Cc1ccc(-c3ccsc3)s1)C2. The van der Waals surface area contributed by atoms with Crippen molar-refractivity contribution in [1.29, 1.82) is 0 Å². The van der Waals surface area contributed by atoms with E-state index < -0.39 is 0 Å². The van der Waals surface area contributed by atoms with Crippen LogP contribution in [0, 0.1) is 0 Å². The van der Waals surface area contributed by atoms with Crippen molar-refractivity contribution in [2.24, 2.45) is 0 Å². The Hall–Kier alpha value is -1.21. The molecule has 0 spiro atoms. The molecular formula is C17H17N3S3. The Labute approximate surface area is 148 Å². The molecule has 23 heavy (non-hydrogen) atoms. The maximum absolute atomic E-state index is 4.64. The average Bonchev–Trinajstić information content (AvgIpc) is 3.25. The number of hydrogen-bond acceptors (Lipinski definition) is 6. The molecule has 3 aromatic rings. The van der Waals surface area contributed by atoms with E-state index in [2.05, 4.69) is 43.8 Å². The van der Waals surface area contributed by atoms with E-state index in [1.165, 1.54) is 26.6 Å². The smallest absolute Gasteiger partial charge is 0.187 e. The zero-order valence-electron chi connectivity index (χ0n) is 12.9. The van der Waals surface area contributed by atoms with Gasteiger partial charge in [-0.3, -0.25) is 4.90 Å². The van der Waals surface area contributed by atoms with Gasteiger partial charge < -0.3 is 0 Å². The molecule has 0 saturated carbocycles. The maximum Gasteiger partial charge on any atom is 0.187 e. The fourth-order valence-corrected chi connectivity index (χ4v) is 4.97. The number of aromatic nitrogens is 2. The van der Waals surface area contributed by atoms with E-state index in [1.807, 2.05) is 23.8 Å². The molecule has 1 aliphatic heterocycles. The van der Waals surface area contributed by atoms with Crippen LogP contribution in [0.5, 0.6) is 0 Å². The van der Waals surface area contributed by atoms with Crippen LogP contribution in [0.2, 0.25) is 0 Å². The second-order valence-corrected chi connectivity index (χ2v) is 8.29. The lowest BCUT2D eigenvalue weighted by Gasteiger charge is -2.27. The predicted octanol–water partition coefficient (Wildman–Crippen LogP) is 4.55. The summed E-state index contributed by atoms with van der Waals surface area (Å²) < 4.78 is 0. The molecule has 118 valence electrons. The molecule has 0 atom stereocenters. The maximum atomic E-state index is 4.64. The molecule has 6 heteroatoms. The van der Waals surface area contributed by atoms with Crippen molar-refractivity contribution < 1.29 is 0 Å². The van der Waals surface area contributed by atoms with E-state index >= 15 is 0 Å². The predicted molar refractivity (Wildman–Crippen MR) is 99.3 cm³/mol. The Morgan fingerprint density at radius 3 is 3.09 bits per heavy atom. The number of rotatable bonds is 4. The minimum Gasteiger partial charge on any atom is -0.293 e. The van der Waals surface area contributed by atoms with Crippen LogP contribution in [0.25, 0.3) is 10.4 Å². The summed E-state index contributed by atoms with van der Waals surface area (Å²) in [5.74, 6) is 0. The summed E-state index contributed by atoms with van der Waals surface area (Å²) >= 11 is 5.27. The molecule has 0 aliphatic carbocycles. The first kappa shape index (κ1) is 15.3. The van der Waals surface area contributed by atoms with Gasteiger partial charge in [0, 0.05) is 53.1 Å². The summed E-state index contributed by atoms with van der Waals surface area (Å²) in [6.45, 7) is 3.04. The van der Waals surface area contributed by atoms with Crippen molar-refractivity contribution in [2.75, 3.05) is 12.8 Å². The first-order chi connectivity index (χ1) is 11.3. The molecule has 0 saturated heterocycles. The number of thioether (sulfide) groups is 1. The van der Waals surface area contributed by atoms with Crippen LogP contribution in [0.1, 0.15) is 16.1 Å². The quantitative estimate of drug-likeness (QED) is 0.505. The fraction of sp³-hybridized carbons (Fsp3) is 0.294. The number of hydrogen-bond donors (Lipinski definition) is 0. The summed E-state index contributed by atoms with van der Waals surface area (Å²) in [7, 11) is 0. The van der Waals surface area contributed by atoms with Crippen LogP contribution < -0.4 is 0 Å². The zero-order chi connectivity index (χ0) is 15.6. The summed E-state index contributed by atoms with van der Waals surface area (Å²) in [6.07, 6.45) is 5.05. The van der Waals surface area contributed by atoms with Gasteiger partial charge >= 0.3 is 0 Å². The Bertz CT molecular complexity index is 795. The van der Waals surface area contributed by atoms with Crippen molar-refractivity contribution in [3.8, 4) is 10.4 Å². The average molecular weight is 360 g/mol. The highest BCUT2D eigenvalue weighted by Crippen LogP contribution is 2.31. The second kappa shape index (κ2) is 6.73. The standard InChI is InChI=1S/C17H17N3S3/c1-21-17-18-8-13-9-20(6-4-15(13)19-17)10-14-2-3-16(23-14)12-5-7-22-11-12/h2-3,5,7-8,11H,4,6,9-10H2,1H3. The van der Waals surface area contributed by atoms with Gasteiger partial charge in [-0.25, -0.2) is 9.97 Å². The molecule has 0 fully saturated rings. The first-order valence-corrected chi connectivity index (χ1v) is 10.5. The third kappa shape index (κ3) is 3.35. The molecule has 0 aromatic carbocycles. The van der Waals surface area contributed by atoms with Gasteiger partial charge in [-0.15, -0.1) is 11.3 Å². The number of fused-ring (bicyclic) bond motifs is 1. The summed E-state index contributed by atoms with van der Waals surface area (Å²) in [5, 5.41) is 5.24. The van der Waals surface area contributed by atoms with Gasteiger partial charge in [0.1, 0.15) is 0 Å². The molecule has 3 nitrogen and oxygen atoms in total. The zero-order valence-corrected chi connectivity index (χ0v) is 15.3. The highest BCUT2D eigenvalue weighted by Gasteiger charge is 2.19. The minimum absolute atomic E-state index is 0.885. The number of nitrogens with zero attached hydrogens (tertiary/aromatic N) is 3. The normalized spacial score (nSPS) is 14.8. The van der Waals surface area contributed by atoms with Crippen molar-refractivity contribution >= 4 is 34.4 Å². The van der Waals surface area contributed by atoms with Crippen LogP contribution in [0.3, 0.4) is 0 Å². The second-order valence-electron chi connectivity index (χ2n) is 5.57. The van der Waals surface area contributed by atoms with Gasteiger partial charge in [0.2, 0.25) is 0 Å². The molecule has 1 aliphatic rings. The molecule has 0 unspecified atom stereocenters. The molecule has 0 amide bonds. The van der Waals surface area contributed by atoms with Crippen molar-refractivity contribution in [2.45, 2.75) is 24.7 Å². The van der Waals surface area contributed by atoms with Gasteiger partial charge in [-0.05, 0) is 35.2 Å². The molecule has 0 radical (unpaired) electrons. The molecule has 4 rings (SSSR count). The largest absolute Gasteiger partial charge is 0.293 e. The summed E-state index contributed by atoms with van der Waals surface area (Å²) in [4.78, 5) is 14.3. The highest BCUT2D eigenvalue weighted by molar-refractivity contribution is 7.98. The molecule has 3 aromatic heterocycles. The highest BCUT2D eigenvalue weighted by atomic mass is 32.2. The minimum atomic E-state index is 0.885. The Morgan fingerprint density at radius 1 is 1.30 bits per heavy atom. The molecular weight excluding hydrogens is 342 g/mol. The van der Waals surface area contributed by atoms with Gasteiger partial charge in [0.15, 0.2) is 5.16 Å². The van der Waals surface area contributed by atoms with Gasteiger partial charge in [0.05, 0.1) is 5.69 Å². The number of thiophene rings is 2. The monoisotopic (exact) mass is 359 g/mol. The lowest BCUT2D eigenvalue weighted by atomic mass is 10.1. The van der Waals surface area contributed by atoms with E-state index in [4.69, 9.17) is 0 Å². The fourth-order valence-electron chi connectivity index (χ4n) is 2.83. The third-order valence-corrected chi connectivity index (χ3v) is 6.38. The van der Waals surface area contributed by atoms with E-state index in [-0.39, 0.29) is 0 Å². The van der Waals surface area contributed by atoms with Crippen LogP contribution >= 0.6 is 34.4 Å². The van der Waals surface area contributed by atoms with E-state index in [9.17, 15) is 0 Å². The summed E-state index contributed by atoms with van der Waals surface area (Å²) in [5.41, 5.74) is 3.85. The third-order valence-electron chi connectivity index (χ3n) is 4.02.